The van der Waals surface area contributed by atoms with E-state index in [-0.39, 0.29) is 12.5 Å². The Morgan fingerprint density at radius 2 is 2.11 bits per heavy atom. The molecule has 1 amide bonds. The van der Waals surface area contributed by atoms with Gasteiger partial charge < -0.3 is 15.2 Å². The molecule has 19 heavy (non-hydrogen) atoms. The van der Waals surface area contributed by atoms with Gasteiger partial charge in [-0.05, 0) is 31.9 Å². The lowest BCUT2D eigenvalue weighted by molar-refractivity contribution is 0.0523. The Hall–Kier alpha value is -1.55. The predicted octanol–water partition coefficient (Wildman–Crippen LogP) is 2.81. The Labute approximate surface area is 114 Å². The highest BCUT2D eigenvalue weighted by molar-refractivity contribution is 5.67. The van der Waals surface area contributed by atoms with E-state index in [0.29, 0.717) is 6.54 Å². The number of aliphatic hydroxyl groups excluding tert-OH is 1. The average molecular weight is 265 g/mol. The number of rotatable bonds is 4. The van der Waals surface area contributed by atoms with Crippen molar-refractivity contribution in [2.45, 2.75) is 45.8 Å². The molecule has 1 unspecified atom stereocenters. The third kappa shape index (κ3) is 5.75. The van der Waals surface area contributed by atoms with E-state index in [2.05, 4.69) is 5.32 Å². The van der Waals surface area contributed by atoms with Crippen LogP contribution in [0.15, 0.2) is 24.3 Å². The summed E-state index contributed by atoms with van der Waals surface area (Å²) in [7, 11) is 0. The third-order valence-electron chi connectivity index (χ3n) is 2.63. The van der Waals surface area contributed by atoms with E-state index >= 15 is 0 Å². The SMILES string of the molecule is CC(CO)c1cccc(CNC(=O)OC(C)(C)C)c1. The van der Waals surface area contributed by atoms with Gasteiger partial charge in [0, 0.05) is 19.1 Å². The first-order chi connectivity index (χ1) is 8.81. The molecule has 1 rings (SSSR count). The molecule has 0 aromatic heterocycles. The molecule has 0 aliphatic carbocycles. The smallest absolute Gasteiger partial charge is 0.407 e. The van der Waals surface area contributed by atoms with Crippen molar-refractivity contribution >= 4 is 6.09 Å². The topological polar surface area (TPSA) is 58.6 Å². The van der Waals surface area contributed by atoms with E-state index in [4.69, 9.17) is 9.84 Å². The summed E-state index contributed by atoms with van der Waals surface area (Å²) in [5, 5.41) is 11.9. The normalized spacial score (nSPS) is 12.9. The fourth-order valence-corrected chi connectivity index (χ4v) is 1.60. The number of benzene rings is 1. The maximum atomic E-state index is 11.5. The molecule has 0 radical (unpaired) electrons. The highest BCUT2D eigenvalue weighted by Crippen LogP contribution is 2.16. The number of alkyl carbamates (subject to hydrolysis) is 1. The van der Waals surface area contributed by atoms with Crippen LogP contribution < -0.4 is 5.32 Å². The number of aliphatic hydroxyl groups is 1. The average Bonchev–Trinajstić information content (AvgIpc) is 2.34. The molecular formula is C15H23NO3. The summed E-state index contributed by atoms with van der Waals surface area (Å²) >= 11 is 0. The minimum atomic E-state index is -0.489. The van der Waals surface area contributed by atoms with Crippen LogP contribution in [-0.2, 0) is 11.3 Å². The molecule has 106 valence electrons. The number of carbonyl (C=O) groups is 1. The standard InChI is InChI=1S/C15H23NO3/c1-11(10-17)13-7-5-6-12(8-13)9-16-14(18)19-15(2,3)4/h5-8,11,17H,9-10H2,1-4H3,(H,16,18). The highest BCUT2D eigenvalue weighted by Gasteiger charge is 2.15. The lowest BCUT2D eigenvalue weighted by Crippen LogP contribution is -2.32. The Bertz CT molecular complexity index is 424. The van der Waals surface area contributed by atoms with E-state index in [1.54, 1.807) is 0 Å². The molecule has 1 aromatic carbocycles. The maximum absolute atomic E-state index is 11.5. The monoisotopic (exact) mass is 265 g/mol. The fraction of sp³-hybridized carbons (Fsp3) is 0.533. The first kappa shape index (κ1) is 15.5. The first-order valence-corrected chi connectivity index (χ1v) is 6.48. The van der Waals surface area contributed by atoms with Crippen LogP contribution in [0.4, 0.5) is 4.79 Å². The molecule has 4 nitrogen and oxygen atoms in total. The number of nitrogens with one attached hydrogen (secondary N) is 1. The summed E-state index contributed by atoms with van der Waals surface area (Å²) in [5.74, 6) is 0.0986. The molecule has 0 fully saturated rings. The van der Waals surface area contributed by atoms with Gasteiger partial charge >= 0.3 is 6.09 Å². The number of hydrogen-bond acceptors (Lipinski definition) is 3. The zero-order valence-corrected chi connectivity index (χ0v) is 12.1. The van der Waals surface area contributed by atoms with Gasteiger partial charge in [0.05, 0.1) is 0 Å². The van der Waals surface area contributed by atoms with E-state index in [1.807, 2.05) is 52.0 Å². The molecule has 0 saturated heterocycles. The van der Waals surface area contributed by atoms with Gasteiger partial charge in [-0.3, -0.25) is 0 Å². The quantitative estimate of drug-likeness (QED) is 0.880. The van der Waals surface area contributed by atoms with Crippen molar-refractivity contribution in [2.75, 3.05) is 6.61 Å². The molecule has 2 N–H and O–H groups in total. The molecule has 1 aromatic rings. The Kier molecular flexibility index (Phi) is 5.36. The number of hydrogen-bond donors (Lipinski definition) is 2. The largest absolute Gasteiger partial charge is 0.444 e. The summed E-state index contributed by atoms with van der Waals surface area (Å²) in [4.78, 5) is 11.5. The summed E-state index contributed by atoms with van der Waals surface area (Å²) < 4.78 is 5.17. The van der Waals surface area contributed by atoms with Crippen LogP contribution in [0.3, 0.4) is 0 Å². The van der Waals surface area contributed by atoms with Crippen LogP contribution in [0.25, 0.3) is 0 Å². The van der Waals surface area contributed by atoms with Crippen molar-refractivity contribution in [3.05, 3.63) is 35.4 Å². The Morgan fingerprint density at radius 3 is 2.68 bits per heavy atom. The van der Waals surface area contributed by atoms with Gasteiger partial charge in [-0.1, -0.05) is 31.2 Å². The van der Waals surface area contributed by atoms with Gasteiger partial charge in [0.25, 0.3) is 0 Å². The minimum absolute atomic E-state index is 0.0986. The van der Waals surface area contributed by atoms with Crippen LogP contribution in [0.2, 0.25) is 0 Å². The minimum Gasteiger partial charge on any atom is -0.444 e. The van der Waals surface area contributed by atoms with Gasteiger partial charge in [-0.15, -0.1) is 0 Å². The molecule has 0 aliphatic rings. The van der Waals surface area contributed by atoms with Crippen molar-refractivity contribution < 1.29 is 14.6 Å². The van der Waals surface area contributed by atoms with Gasteiger partial charge in [0.2, 0.25) is 0 Å². The number of amides is 1. The lowest BCUT2D eigenvalue weighted by atomic mass is 10.00. The predicted molar refractivity (Wildman–Crippen MR) is 75.0 cm³/mol. The zero-order valence-electron chi connectivity index (χ0n) is 12.1. The van der Waals surface area contributed by atoms with E-state index in [1.165, 1.54) is 0 Å². The Morgan fingerprint density at radius 1 is 1.42 bits per heavy atom. The molecule has 4 heteroatoms. The van der Waals surface area contributed by atoms with Crippen molar-refractivity contribution in [2.24, 2.45) is 0 Å². The fourth-order valence-electron chi connectivity index (χ4n) is 1.60. The summed E-state index contributed by atoms with van der Waals surface area (Å²) in [6.07, 6.45) is -0.423. The van der Waals surface area contributed by atoms with Gasteiger partial charge in [-0.2, -0.15) is 0 Å². The van der Waals surface area contributed by atoms with Crippen LogP contribution in [0.1, 0.15) is 44.7 Å². The molecule has 1 atom stereocenters. The second-order valence-electron chi connectivity index (χ2n) is 5.68. The second-order valence-corrected chi connectivity index (χ2v) is 5.68. The number of ether oxygens (including phenoxy) is 1. The van der Waals surface area contributed by atoms with E-state index in [9.17, 15) is 4.79 Å². The van der Waals surface area contributed by atoms with Crippen molar-refractivity contribution in [1.29, 1.82) is 0 Å². The molecule has 0 spiro atoms. The van der Waals surface area contributed by atoms with E-state index in [0.717, 1.165) is 11.1 Å². The van der Waals surface area contributed by atoms with Crippen LogP contribution in [0, 0.1) is 0 Å². The first-order valence-electron chi connectivity index (χ1n) is 6.48. The van der Waals surface area contributed by atoms with Crippen molar-refractivity contribution in [3.8, 4) is 0 Å². The van der Waals surface area contributed by atoms with Gasteiger partial charge in [0.1, 0.15) is 5.60 Å². The molecule has 0 aliphatic heterocycles. The Balaban J connectivity index is 2.56. The lowest BCUT2D eigenvalue weighted by Gasteiger charge is -2.19. The number of carbonyl (C=O) groups excluding carboxylic acids is 1. The molecular weight excluding hydrogens is 242 g/mol. The second kappa shape index (κ2) is 6.57. The molecule has 0 saturated carbocycles. The van der Waals surface area contributed by atoms with Gasteiger partial charge in [0.15, 0.2) is 0 Å². The zero-order chi connectivity index (χ0) is 14.5. The summed E-state index contributed by atoms with van der Waals surface area (Å²) in [6, 6.07) is 7.81. The molecule has 0 heterocycles. The van der Waals surface area contributed by atoms with Crippen LogP contribution in [-0.4, -0.2) is 23.4 Å². The van der Waals surface area contributed by atoms with Gasteiger partial charge in [-0.25, -0.2) is 4.79 Å². The van der Waals surface area contributed by atoms with E-state index < -0.39 is 11.7 Å². The van der Waals surface area contributed by atoms with Crippen molar-refractivity contribution in [3.63, 3.8) is 0 Å². The highest BCUT2D eigenvalue weighted by atomic mass is 16.6. The van der Waals surface area contributed by atoms with Crippen LogP contribution >= 0.6 is 0 Å². The maximum Gasteiger partial charge on any atom is 0.407 e. The summed E-state index contributed by atoms with van der Waals surface area (Å²) in [5.41, 5.74) is 1.56. The third-order valence-corrected chi connectivity index (χ3v) is 2.63. The summed E-state index contributed by atoms with van der Waals surface area (Å²) in [6.45, 7) is 7.98. The van der Waals surface area contributed by atoms with Crippen molar-refractivity contribution in [1.82, 2.24) is 5.32 Å². The van der Waals surface area contributed by atoms with Crippen LogP contribution in [0.5, 0.6) is 0 Å². The molecule has 0 bridgehead atoms.